The molecule has 11 heavy (non-hydrogen) atoms. The number of hydrogen-bond donors (Lipinski definition) is 2. The van der Waals surface area contributed by atoms with Crippen LogP contribution in [0.15, 0.2) is 0 Å². The first kappa shape index (κ1) is 10.7. The van der Waals surface area contributed by atoms with E-state index < -0.39 is 12.6 Å². The molecule has 0 heterocycles. The Morgan fingerprint density at radius 2 is 1.82 bits per heavy atom. The van der Waals surface area contributed by atoms with Gasteiger partial charge in [0, 0.05) is 19.5 Å². The molecule has 0 bridgehead atoms. The molecule has 0 aliphatic rings. The highest BCUT2D eigenvalue weighted by atomic mass is 19.4. The quantitative estimate of drug-likeness (QED) is 0.601. The molecule has 0 saturated carbocycles. The van der Waals surface area contributed by atoms with Gasteiger partial charge in [-0.15, -0.1) is 0 Å². The molecule has 68 valence electrons. The zero-order chi connectivity index (χ0) is 8.74. The summed E-state index contributed by atoms with van der Waals surface area (Å²) in [4.78, 5) is 0. The van der Waals surface area contributed by atoms with Crippen LogP contribution in [0.5, 0.6) is 0 Å². The van der Waals surface area contributed by atoms with Gasteiger partial charge in [-0.3, -0.25) is 0 Å². The molecule has 0 amide bonds. The molecule has 0 fully saturated rings. The topological polar surface area (TPSA) is 38.0 Å². The van der Waals surface area contributed by atoms with Crippen molar-refractivity contribution < 1.29 is 13.2 Å². The van der Waals surface area contributed by atoms with Crippen molar-refractivity contribution in [3.8, 4) is 0 Å². The maximum atomic E-state index is 11.5. The summed E-state index contributed by atoms with van der Waals surface area (Å²) < 4.78 is 34.5. The predicted octanol–water partition coefficient (Wildman–Crippen LogP) is 0.877. The first-order chi connectivity index (χ1) is 5.06. The third kappa shape index (κ3) is 9.71. The van der Waals surface area contributed by atoms with Crippen LogP contribution in [0.2, 0.25) is 0 Å². The Morgan fingerprint density at radius 1 is 1.18 bits per heavy atom. The van der Waals surface area contributed by atoms with Crippen LogP contribution < -0.4 is 11.1 Å². The van der Waals surface area contributed by atoms with E-state index in [1.165, 1.54) is 0 Å². The van der Waals surface area contributed by atoms with Gasteiger partial charge >= 0.3 is 6.18 Å². The van der Waals surface area contributed by atoms with Crippen LogP contribution in [0.1, 0.15) is 12.8 Å². The molecule has 0 aromatic rings. The Bertz CT molecular complexity index is 92.3. The Kier molecular flexibility index (Phi) is 5.23. The summed E-state index contributed by atoms with van der Waals surface area (Å²) >= 11 is 0. The number of rotatable bonds is 5. The van der Waals surface area contributed by atoms with Crippen LogP contribution in [-0.4, -0.2) is 25.8 Å². The van der Waals surface area contributed by atoms with Gasteiger partial charge in [0.2, 0.25) is 0 Å². The Balaban J connectivity index is 3.02. The lowest BCUT2D eigenvalue weighted by molar-refractivity contribution is -0.135. The van der Waals surface area contributed by atoms with E-state index in [-0.39, 0.29) is 6.42 Å². The average Bonchev–Trinajstić information content (AvgIpc) is 1.85. The zero-order valence-corrected chi connectivity index (χ0v) is 6.25. The first-order valence-electron chi connectivity index (χ1n) is 3.54. The predicted molar refractivity (Wildman–Crippen MR) is 37.2 cm³/mol. The van der Waals surface area contributed by atoms with E-state index in [9.17, 15) is 13.2 Å². The summed E-state index contributed by atoms with van der Waals surface area (Å²) in [7, 11) is 0. The second-order valence-electron chi connectivity index (χ2n) is 2.26. The molecule has 0 unspecified atom stereocenters. The number of halogens is 3. The lowest BCUT2D eigenvalue weighted by Crippen LogP contribution is -2.24. The van der Waals surface area contributed by atoms with Crippen molar-refractivity contribution in [3.63, 3.8) is 0 Å². The van der Waals surface area contributed by atoms with Crippen LogP contribution in [0.4, 0.5) is 13.2 Å². The van der Waals surface area contributed by atoms with Crippen molar-refractivity contribution in [3.05, 3.63) is 0 Å². The van der Waals surface area contributed by atoms with Gasteiger partial charge in [0.05, 0.1) is 0 Å². The minimum atomic E-state index is -4.02. The molecule has 0 aromatic heterocycles. The molecule has 0 aromatic carbocycles. The average molecular weight is 170 g/mol. The van der Waals surface area contributed by atoms with E-state index in [4.69, 9.17) is 5.73 Å². The third-order valence-electron chi connectivity index (χ3n) is 1.13. The van der Waals surface area contributed by atoms with E-state index in [1.54, 1.807) is 0 Å². The Morgan fingerprint density at radius 3 is 2.27 bits per heavy atom. The van der Waals surface area contributed by atoms with Gasteiger partial charge in [0.25, 0.3) is 0 Å². The van der Waals surface area contributed by atoms with E-state index in [2.05, 4.69) is 5.32 Å². The van der Waals surface area contributed by atoms with Crippen molar-refractivity contribution in [1.82, 2.24) is 5.32 Å². The molecule has 0 rings (SSSR count). The van der Waals surface area contributed by atoms with Crippen molar-refractivity contribution in [1.29, 1.82) is 0 Å². The van der Waals surface area contributed by atoms with Gasteiger partial charge in [-0.05, 0) is 13.0 Å². The van der Waals surface area contributed by atoms with Crippen molar-refractivity contribution in [2.75, 3.05) is 19.6 Å². The van der Waals surface area contributed by atoms with E-state index in [1.807, 2.05) is 0 Å². The smallest absolute Gasteiger partial charge is 0.329 e. The monoisotopic (exact) mass is 170 g/mol. The maximum Gasteiger partial charge on any atom is 0.389 e. The van der Waals surface area contributed by atoms with Crippen molar-refractivity contribution in [2.24, 2.45) is 5.73 Å². The molecule has 0 saturated heterocycles. The lowest BCUT2D eigenvalue weighted by Gasteiger charge is -2.05. The van der Waals surface area contributed by atoms with Crippen LogP contribution in [0.25, 0.3) is 0 Å². The minimum absolute atomic E-state index is 0.128. The highest BCUT2D eigenvalue weighted by molar-refractivity contribution is 4.53. The highest BCUT2D eigenvalue weighted by Crippen LogP contribution is 2.20. The van der Waals surface area contributed by atoms with Gasteiger partial charge in [0.15, 0.2) is 0 Å². The molecular formula is C6H13F3N2. The van der Waals surface area contributed by atoms with Gasteiger partial charge in [0.1, 0.15) is 0 Å². The second kappa shape index (κ2) is 5.37. The normalized spacial score (nSPS) is 12.0. The van der Waals surface area contributed by atoms with Crippen LogP contribution in [-0.2, 0) is 0 Å². The standard InChI is InChI=1S/C6H13F3N2/c7-6(8,9)2-1-4-11-5-3-10/h11H,1-5,10H2. The molecule has 2 nitrogen and oxygen atoms in total. The van der Waals surface area contributed by atoms with Crippen molar-refractivity contribution >= 4 is 0 Å². The fourth-order valence-corrected chi connectivity index (χ4v) is 0.641. The number of nitrogens with two attached hydrogens (primary N) is 1. The molecule has 0 aliphatic heterocycles. The zero-order valence-electron chi connectivity index (χ0n) is 6.25. The fourth-order valence-electron chi connectivity index (χ4n) is 0.641. The molecule has 0 aliphatic carbocycles. The molecule has 0 radical (unpaired) electrons. The van der Waals surface area contributed by atoms with Gasteiger partial charge < -0.3 is 11.1 Å². The molecule has 0 atom stereocenters. The summed E-state index contributed by atoms with van der Waals surface area (Å²) in [6.45, 7) is 1.43. The van der Waals surface area contributed by atoms with E-state index in [0.29, 0.717) is 19.6 Å². The lowest BCUT2D eigenvalue weighted by atomic mass is 10.3. The summed E-state index contributed by atoms with van der Waals surface area (Å²) in [6.07, 6.45) is -4.61. The van der Waals surface area contributed by atoms with Gasteiger partial charge in [-0.2, -0.15) is 13.2 Å². The van der Waals surface area contributed by atoms with E-state index in [0.717, 1.165) is 0 Å². The third-order valence-corrected chi connectivity index (χ3v) is 1.13. The SMILES string of the molecule is NCCNCCCC(F)(F)F. The molecular weight excluding hydrogens is 157 g/mol. The maximum absolute atomic E-state index is 11.5. The Labute approximate surface area is 64.0 Å². The van der Waals surface area contributed by atoms with Crippen LogP contribution in [0, 0.1) is 0 Å². The minimum Gasteiger partial charge on any atom is -0.329 e. The largest absolute Gasteiger partial charge is 0.389 e. The van der Waals surface area contributed by atoms with Gasteiger partial charge in [-0.25, -0.2) is 0 Å². The summed E-state index contributed by atoms with van der Waals surface area (Å²) in [5.74, 6) is 0. The van der Waals surface area contributed by atoms with Crippen molar-refractivity contribution in [2.45, 2.75) is 19.0 Å². The first-order valence-corrected chi connectivity index (χ1v) is 3.54. The number of nitrogens with one attached hydrogen (secondary N) is 1. The summed E-state index contributed by atoms with van der Waals surface area (Å²) in [5, 5.41) is 2.78. The van der Waals surface area contributed by atoms with E-state index >= 15 is 0 Å². The van der Waals surface area contributed by atoms with Gasteiger partial charge in [-0.1, -0.05) is 0 Å². The molecule has 5 heteroatoms. The van der Waals surface area contributed by atoms with Crippen LogP contribution in [0.3, 0.4) is 0 Å². The number of hydrogen-bond acceptors (Lipinski definition) is 2. The molecule has 0 spiro atoms. The molecule has 3 N–H and O–H groups in total. The van der Waals surface area contributed by atoms with Crippen LogP contribution >= 0.6 is 0 Å². The second-order valence-corrected chi connectivity index (χ2v) is 2.26. The summed E-state index contributed by atoms with van der Waals surface area (Å²) in [6, 6.07) is 0. The Hall–Kier alpha value is -0.290. The number of alkyl halides is 3. The fraction of sp³-hybridized carbons (Fsp3) is 1.00. The highest BCUT2D eigenvalue weighted by Gasteiger charge is 2.25. The summed E-state index contributed by atoms with van der Waals surface area (Å²) in [5.41, 5.74) is 5.11.